The number of rotatable bonds is 4. The molecule has 0 aliphatic rings. The highest BCUT2D eigenvalue weighted by atomic mass is 19.1. The van der Waals surface area contributed by atoms with Crippen molar-refractivity contribution in [2.45, 2.75) is 6.61 Å². The van der Waals surface area contributed by atoms with Crippen molar-refractivity contribution in [1.82, 2.24) is 15.0 Å². The predicted molar refractivity (Wildman–Crippen MR) is 86.1 cm³/mol. The maximum atomic E-state index is 13.0. The van der Waals surface area contributed by atoms with Gasteiger partial charge in [0.15, 0.2) is 0 Å². The minimum absolute atomic E-state index is 0.403. The Bertz CT molecular complexity index is 904. The van der Waals surface area contributed by atoms with E-state index in [9.17, 15) is 9.65 Å². The Hall–Kier alpha value is -3.17. The summed E-state index contributed by atoms with van der Waals surface area (Å²) in [5.74, 6) is -0.404. The first-order valence-electron chi connectivity index (χ1n) is 7.17. The van der Waals surface area contributed by atoms with Crippen LogP contribution in [0.2, 0.25) is 0 Å². The van der Waals surface area contributed by atoms with Crippen molar-refractivity contribution in [3.63, 3.8) is 0 Å². The largest absolute Gasteiger partial charge is 0.380 e. The van der Waals surface area contributed by atoms with Crippen molar-refractivity contribution in [2.75, 3.05) is 7.11 Å². The van der Waals surface area contributed by atoms with Crippen LogP contribution in [0.5, 0.6) is 0 Å². The normalized spacial score (nSPS) is 10.4. The van der Waals surface area contributed by atoms with Crippen molar-refractivity contribution in [1.29, 1.82) is 5.26 Å². The van der Waals surface area contributed by atoms with Gasteiger partial charge in [-0.05, 0) is 42.0 Å². The lowest BCUT2D eigenvalue weighted by Crippen LogP contribution is -1.94. The second-order valence-electron chi connectivity index (χ2n) is 5.11. The van der Waals surface area contributed by atoms with Gasteiger partial charge >= 0.3 is 0 Å². The summed E-state index contributed by atoms with van der Waals surface area (Å²) in [4.78, 5) is 12.5. The number of pyridine rings is 1. The highest BCUT2D eigenvalue weighted by Gasteiger charge is 2.08. The van der Waals surface area contributed by atoms with Gasteiger partial charge in [0, 0.05) is 12.7 Å². The summed E-state index contributed by atoms with van der Waals surface area (Å²) in [6.45, 7) is 0.403. The summed E-state index contributed by atoms with van der Waals surface area (Å²) in [7, 11) is 1.60. The Morgan fingerprint density at radius 1 is 1.04 bits per heavy atom. The zero-order valence-corrected chi connectivity index (χ0v) is 12.9. The molecular weight excluding hydrogens is 307 g/mol. The average Bonchev–Trinajstić information content (AvgIpc) is 2.62. The predicted octanol–water partition coefficient (Wildman–Crippen LogP) is 3.36. The monoisotopic (exact) mass is 320 g/mol. The van der Waals surface area contributed by atoms with Crippen LogP contribution < -0.4 is 0 Å². The number of benzene rings is 1. The van der Waals surface area contributed by atoms with Crippen LogP contribution in [0, 0.1) is 17.1 Å². The number of nitriles is 1. The number of hydrogen-bond acceptors (Lipinski definition) is 5. The van der Waals surface area contributed by atoms with E-state index < -0.39 is 5.82 Å². The van der Waals surface area contributed by atoms with Gasteiger partial charge in [-0.25, -0.2) is 14.4 Å². The minimum atomic E-state index is -0.404. The van der Waals surface area contributed by atoms with Gasteiger partial charge in [-0.1, -0.05) is 0 Å². The van der Waals surface area contributed by atoms with Gasteiger partial charge < -0.3 is 4.74 Å². The summed E-state index contributed by atoms with van der Waals surface area (Å²) >= 11 is 0. The molecule has 6 heteroatoms. The average molecular weight is 320 g/mol. The van der Waals surface area contributed by atoms with E-state index in [4.69, 9.17) is 4.74 Å². The van der Waals surface area contributed by atoms with Crippen molar-refractivity contribution in [2.24, 2.45) is 0 Å². The van der Waals surface area contributed by atoms with Crippen LogP contribution >= 0.6 is 0 Å². The van der Waals surface area contributed by atoms with Crippen molar-refractivity contribution < 1.29 is 9.13 Å². The second-order valence-corrected chi connectivity index (χ2v) is 5.11. The molecule has 0 fully saturated rings. The van der Waals surface area contributed by atoms with E-state index in [1.54, 1.807) is 31.4 Å². The molecular formula is C18H13FN4O. The minimum Gasteiger partial charge on any atom is -0.380 e. The van der Waals surface area contributed by atoms with E-state index >= 15 is 0 Å². The number of halogens is 1. The van der Waals surface area contributed by atoms with E-state index in [-0.39, 0.29) is 0 Å². The van der Waals surface area contributed by atoms with Crippen molar-refractivity contribution in [3.8, 4) is 28.7 Å². The molecule has 0 N–H and O–H groups in total. The Morgan fingerprint density at radius 2 is 1.88 bits per heavy atom. The van der Waals surface area contributed by atoms with Crippen molar-refractivity contribution in [3.05, 3.63) is 65.9 Å². The molecule has 24 heavy (non-hydrogen) atoms. The van der Waals surface area contributed by atoms with Crippen LogP contribution in [0.15, 0.2) is 48.9 Å². The highest BCUT2D eigenvalue weighted by molar-refractivity contribution is 5.67. The first-order chi connectivity index (χ1) is 11.7. The molecule has 0 atom stereocenters. The van der Waals surface area contributed by atoms with Crippen LogP contribution in [0.25, 0.3) is 22.6 Å². The molecule has 0 spiro atoms. The Morgan fingerprint density at radius 3 is 2.58 bits per heavy atom. The fourth-order valence-electron chi connectivity index (χ4n) is 2.34. The summed E-state index contributed by atoms with van der Waals surface area (Å²) in [6.07, 6.45) is 2.56. The Balaban J connectivity index is 2.04. The van der Waals surface area contributed by atoms with Gasteiger partial charge in [-0.2, -0.15) is 5.26 Å². The molecule has 3 aromatic rings. The van der Waals surface area contributed by atoms with Crippen LogP contribution in [-0.4, -0.2) is 22.1 Å². The van der Waals surface area contributed by atoms with Gasteiger partial charge in [-0.3, -0.25) is 4.98 Å². The lowest BCUT2D eigenvalue weighted by Gasteiger charge is -2.07. The lowest BCUT2D eigenvalue weighted by atomic mass is 10.0. The van der Waals surface area contributed by atoms with Gasteiger partial charge in [-0.15, -0.1) is 0 Å². The molecule has 1 aromatic carbocycles. The SMILES string of the molecule is COCc1cc(C#N)cc(-c2cc(-c3ccc(F)cn3)ncn2)c1. The summed E-state index contributed by atoms with van der Waals surface area (Å²) in [6, 6.07) is 12.2. The second kappa shape index (κ2) is 6.94. The molecule has 0 aliphatic heterocycles. The van der Waals surface area contributed by atoms with Crippen LogP contribution in [-0.2, 0) is 11.3 Å². The first kappa shape index (κ1) is 15.7. The Labute approximate surface area is 138 Å². The molecule has 0 radical (unpaired) electrons. The maximum absolute atomic E-state index is 13.0. The molecule has 3 rings (SSSR count). The fraction of sp³-hybridized carbons (Fsp3) is 0.111. The molecule has 2 aromatic heterocycles. The van der Waals surface area contributed by atoms with Crippen LogP contribution in [0.3, 0.4) is 0 Å². The lowest BCUT2D eigenvalue weighted by molar-refractivity contribution is 0.185. The number of nitrogens with zero attached hydrogens (tertiary/aromatic N) is 4. The topological polar surface area (TPSA) is 71.7 Å². The highest BCUT2D eigenvalue weighted by Crippen LogP contribution is 2.24. The summed E-state index contributed by atoms with van der Waals surface area (Å²) in [5, 5.41) is 9.19. The van der Waals surface area contributed by atoms with E-state index in [1.807, 2.05) is 6.07 Å². The van der Waals surface area contributed by atoms with E-state index in [1.165, 1.54) is 12.4 Å². The van der Waals surface area contributed by atoms with Crippen LogP contribution in [0.4, 0.5) is 4.39 Å². The first-order valence-corrected chi connectivity index (χ1v) is 7.17. The molecule has 0 amide bonds. The third-order valence-electron chi connectivity index (χ3n) is 3.39. The summed E-state index contributed by atoms with van der Waals surface area (Å²) < 4.78 is 18.1. The quantitative estimate of drug-likeness (QED) is 0.737. The smallest absolute Gasteiger partial charge is 0.141 e. The van der Waals surface area contributed by atoms with Crippen molar-refractivity contribution >= 4 is 0 Å². The van der Waals surface area contributed by atoms with E-state index in [2.05, 4.69) is 21.0 Å². The molecule has 0 saturated heterocycles. The standard InChI is InChI=1S/C18H13FN4O/c1-24-10-13-4-12(8-20)5-14(6-13)17-7-18(23-11-22-17)16-3-2-15(19)9-21-16/h2-7,9,11H,10H2,1H3. The third-order valence-corrected chi connectivity index (χ3v) is 3.39. The number of aromatic nitrogens is 3. The molecule has 0 bridgehead atoms. The maximum Gasteiger partial charge on any atom is 0.141 e. The third kappa shape index (κ3) is 3.42. The van der Waals surface area contributed by atoms with E-state index in [0.29, 0.717) is 29.3 Å². The summed E-state index contributed by atoms with van der Waals surface area (Å²) in [5.41, 5.74) is 3.97. The van der Waals surface area contributed by atoms with Gasteiger partial charge in [0.1, 0.15) is 12.1 Å². The van der Waals surface area contributed by atoms with E-state index in [0.717, 1.165) is 17.3 Å². The molecule has 118 valence electrons. The van der Waals surface area contributed by atoms with Crippen LogP contribution in [0.1, 0.15) is 11.1 Å². The molecule has 5 nitrogen and oxygen atoms in total. The molecule has 0 saturated carbocycles. The van der Waals surface area contributed by atoms with Gasteiger partial charge in [0.2, 0.25) is 0 Å². The van der Waals surface area contributed by atoms with Gasteiger partial charge in [0.25, 0.3) is 0 Å². The zero-order valence-electron chi connectivity index (χ0n) is 12.9. The Kier molecular flexibility index (Phi) is 4.54. The number of ether oxygens (including phenoxy) is 1. The molecule has 2 heterocycles. The zero-order chi connectivity index (χ0) is 16.9. The van der Waals surface area contributed by atoms with Gasteiger partial charge in [0.05, 0.1) is 41.5 Å². The number of hydrogen-bond donors (Lipinski definition) is 0. The fourth-order valence-corrected chi connectivity index (χ4v) is 2.34. The molecule has 0 aliphatic carbocycles. The molecule has 0 unspecified atom stereocenters. The number of methoxy groups -OCH3 is 1.